The van der Waals surface area contributed by atoms with Crippen LogP contribution in [0.4, 0.5) is 0 Å². The van der Waals surface area contributed by atoms with Gasteiger partial charge in [-0.3, -0.25) is 9.59 Å². The zero-order valence-corrected chi connectivity index (χ0v) is 37.1. The van der Waals surface area contributed by atoms with Gasteiger partial charge in [0.05, 0.1) is 25.2 Å². The Kier molecular flexibility index (Phi) is 42.6. The predicted molar refractivity (Wildman–Crippen MR) is 237 cm³/mol. The van der Waals surface area contributed by atoms with Crippen LogP contribution in [0.1, 0.15) is 265 Å². The van der Waals surface area contributed by atoms with Gasteiger partial charge in [-0.05, 0) is 51.4 Å². The van der Waals surface area contributed by atoms with Crippen LogP contribution < -0.4 is 5.32 Å². The zero-order valence-electron chi connectivity index (χ0n) is 37.1. The van der Waals surface area contributed by atoms with Crippen LogP contribution in [0.3, 0.4) is 0 Å². The van der Waals surface area contributed by atoms with Crippen LogP contribution in [0.2, 0.25) is 0 Å². The number of allylic oxidation sites excluding steroid dienone is 2. The molecule has 0 radical (unpaired) electrons. The number of aliphatic hydroxyl groups excluding tert-OH is 2. The van der Waals surface area contributed by atoms with E-state index in [0.29, 0.717) is 19.3 Å². The molecule has 55 heavy (non-hydrogen) atoms. The average Bonchev–Trinajstić information content (AvgIpc) is 3.18. The number of ether oxygens (including phenoxy) is 1. The number of carbonyl (C=O) groups excluding carboxylic acids is 2. The summed E-state index contributed by atoms with van der Waals surface area (Å²) in [5, 5.41) is 23.6. The van der Waals surface area contributed by atoms with Crippen molar-refractivity contribution in [1.29, 1.82) is 0 Å². The molecule has 0 aromatic heterocycles. The van der Waals surface area contributed by atoms with Crippen molar-refractivity contribution < 1.29 is 24.5 Å². The molecule has 0 fully saturated rings. The number of carbonyl (C=O) groups is 2. The van der Waals surface area contributed by atoms with Crippen molar-refractivity contribution in [3.63, 3.8) is 0 Å². The number of nitrogens with one attached hydrogen (secondary N) is 1. The lowest BCUT2D eigenvalue weighted by Gasteiger charge is -2.24. The van der Waals surface area contributed by atoms with E-state index in [1.165, 1.54) is 167 Å². The Morgan fingerprint density at radius 3 is 1.29 bits per heavy atom. The molecule has 0 saturated heterocycles. The summed E-state index contributed by atoms with van der Waals surface area (Å²) in [6, 6.07) is -0.694. The highest BCUT2D eigenvalue weighted by atomic mass is 16.5. The lowest BCUT2D eigenvalue weighted by atomic mass is 10.0. The summed E-state index contributed by atoms with van der Waals surface area (Å²) < 4.78 is 5.91. The minimum atomic E-state index is -0.781. The van der Waals surface area contributed by atoms with E-state index in [9.17, 15) is 19.8 Å². The van der Waals surface area contributed by atoms with Gasteiger partial charge in [-0.15, -0.1) is 0 Å². The Balaban J connectivity index is 4.50. The van der Waals surface area contributed by atoms with E-state index in [1.807, 2.05) is 0 Å². The van der Waals surface area contributed by atoms with Crippen LogP contribution in [0.25, 0.3) is 0 Å². The Hall–Kier alpha value is -1.40. The number of amides is 1. The highest BCUT2D eigenvalue weighted by Gasteiger charge is 2.24. The van der Waals surface area contributed by atoms with Crippen LogP contribution in [0, 0.1) is 0 Å². The van der Waals surface area contributed by atoms with Crippen molar-refractivity contribution >= 4 is 11.9 Å². The molecule has 3 atom stereocenters. The van der Waals surface area contributed by atoms with E-state index >= 15 is 0 Å². The fourth-order valence-corrected chi connectivity index (χ4v) is 7.60. The van der Waals surface area contributed by atoms with E-state index in [4.69, 9.17) is 4.74 Å². The lowest BCUT2D eigenvalue weighted by molar-refractivity contribution is -0.151. The number of aliphatic hydroxyl groups is 2. The minimum Gasteiger partial charge on any atom is -0.462 e. The van der Waals surface area contributed by atoms with Gasteiger partial charge in [0.25, 0.3) is 0 Å². The number of hydrogen-bond acceptors (Lipinski definition) is 5. The summed E-state index contributed by atoms with van der Waals surface area (Å²) in [7, 11) is 0. The van der Waals surface area contributed by atoms with Gasteiger partial charge in [-0.25, -0.2) is 0 Å². The molecule has 0 aromatic carbocycles. The van der Waals surface area contributed by atoms with Gasteiger partial charge in [0, 0.05) is 6.42 Å². The summed E-state index contributed by atoms with van der Waals surface area (Å²) in [6.07, 6.45) is 47.0. The maximum absolute atomic E-state index is 13.1. The molecule has 0 rings (SSSR count). The van der Waals surface area contributed by atoms with Crippen molar-refractivity contribution in [2.24, 2.45) is 0 Å². The number of unbranched alkanes of at least 4 members (excludes halogenated alkanes) is 30. The molecule has 0 aliphatic rings. The molecule has 1 amide bonds. The SMILES string of the molecule is CCCCCCCCC/C=C/CCCCCCCC(=O)OC(CCCCCCCCCCCC)CC(=O)NC(CO)C(O)CCCCCCCCCCCC. The second-order valence-corrected chi connectivity index (χ2v) is 16.9. The Bertz CT molecular complexity index is 832. The first kappa shape index (κ1) is 53.6. The second kappa shape index (κ2) is 43.7. The van der Waals surface area contributed by atoms with Crippen LogP contribution >= 0.6 is 0 Å². The third-order valence-electron chi connectivity index (χ3n) is 11.3. The molecule has 6 heteroatoms. The van der Waals surface area contributed by atoms with Crippen molar-refractivity contribution in [3.05, 3.63) is 12.2 Å². The van der Waals surface area contributed by atoms with E-state index in [2.05, 4.69) is 38.2 Å². The molecule has 0 heterocycles. The predicted octanol–water partition coefficient (Wildman–Crippen LogP) is 14.2. The monoisotopic (exact) mass is 778 g/mol. The quantitative estimate of drug-likeness (QED) is 0.0325. The smallest absolute Gasteiger partial charge is 0.306 e. The van der Waals surface area contributed by atoms with Gasteiger partial charge in [0.15, 0.2) is 0 Å². The third-order valence-corrected chi connectivity index (χ3v) is 11.3. The highest BCUT2D eigenvalue weighted by molar-refractivity contribution is 5.77. The molecule has 0 aliphatic heterocycles. The van der Waals surface area contributed by atoms with Gasteiger partial charge in [0.1, 0.15) is 6.10 Å². The van der Waals surface area contributed by atoms with Crippen molar-refractivity contribution in [1.82, 2.24) is 5.32 Å². The molecule has 3 unspecified atom stereocenters. The molecule has 0 bridgehead atoms. The van der Waals surface area contributed by atoms with E-state index in [-0.39, 0.29) is 24.9 Å². The van der Waals surface area contributed by atoms with Gasteiger partial charge >= 0.3 is 5.97 Å². The fourth-order valence-electron chi connectivity index (χ4n) is 7.60. The number of esters is 1. The molecule has 326 valence electrons. The molecule has 0 spiro atoms. The normalized spacial score (nSPS) is 13.3. The first-order valence-electron chi connectivity index (χ1n) is 24.4. The molecule has 0 aromatic rings. The Labute approximate surface area is 342 Å². The second-order valence-electron chi connectivity index (χ2n) is 16.9. The summed E-state index contributed by atoms with van der Waals surface area (Å²) in [5.41, 5.74) is 0. The first-order valence-corrected chi connectivity index (χ1v) is 24.4. The highest BCUT2D eigenvalue weighted by Crippen LogP contribution is 2.18. The van der Waals surface area contributed by atoms with E-state index in [0.717, 1.165) is 51.4 Å². The zero-order chi connectivity index (χ0) is 40.3. The van der Waals surface area contributed by atoms with Gasteiger partial charge in [0.2, 0.25) is 5.91 Å². The third kappa shape index (κ3) is 39.2. The van der Waals surface area contributed by atoms with Gasteiger partial charge in [-0.2, -0.15) is 0 Å². The number of rotatable bonds is 44. The number of hydrogen-bond donors (Lipinski definition) is 3. The molecular weight excluding hydrogens is 683 g/mol. The minimum absolute atomic E-state index is 0.0805. The fraction of sp³-hybridized carbons (Fsp3) is 0.918. The summed E-state index contributed by atoms with van der Waals surface area (Å²) in [4.78, 5) is 26.0. The Morgan fingerprint density at radius 2 is 0.873 bits per heavy atom. The largest absolute Gasteiger partial charge is 0.462 e. The molecule has 3 N–H and O–H groups in total. The van der Waals surface area contributed by atoms with Crippen LogP contribution in [-0.2, 0) is 14.3 Å². The van der Waals surface area contributed by atoms with Crippen LogP contribution in [0.15, 0.2) is 12.2 Å². The lowest BCUT2D eigenvalue weighted by Crippen LogP contribution is -2.46. The maximum Gasteiger partial charge on any atom is 0.306 e. The summed E-state index contributed by atoms with van der Waals surface area (Å²) in [5.74, 6) is -0.472. The molecule has 0 saturated carbocycles. The average molecular weight is 778 g/mol. The van der Waals surface area contributed by atoms with Crippen molar-refractivity contribution in [3.8, 4) is 0 Å². The van der Waals surface area contributed by atoms with Crippen molar-refractivity contribution in [2.45, 2.75) is 283 Å². The van der Waals surface area contributed by atoms with Gasteiger partial charge < -0.3 is 20.3 Å². The van der Waals surface area contributed by atoms with Crippen LogP contribution in [-0.4, -0.2) is 46.9 Å². The van der Waals surface area contributed by atoms with Gasteiger partial charge in [-0.1, -0.05) is 213 Å². The Morgan fingerprint density at radius 1 is 0.509 bits per heavy atom. The van der Waals surface area contributed by atoms with Crippen LogP contribution in [0.5, 0.6) is 0 Å². The standard InChI is InChI=1S/C49H95NO5/c1-4-7-10-13-16-19-22-23-24-25-26-27-30-33-36-39-42-49(54)55-45(40-37-34-31-28-20-17-14-11-8-5-2)43-48(53)50-46(44-51)47(52)41-38-35-32-29-21-18-15-12-9-6-3/h24-25,45-47,51-52H,4-23,26-44H2,1-3H3,(H,50,53)/b25-24+. The molecular formula is C49H95NO5. The first-order chi connectivity index (χ1) is 27.0. The summed E-state index contributed by atoms with van der Waals surface area (Å²) in [6.45, 7) is 6.47. The van der Waals surface area contributed by atoms with E-state index in [1.54, 1.807) is 0 Å². The molecule has 0 aliphatic carbocycles. The summed E-state index contributed by atoms with van der Waals surface area (Å²) >= 11 is 0. The van der Waals surface area contributed by atoms with E-state index < -0.39 is 18.2 Å². The van der Waals surface area contributed by atoms with Crippen molar-refractivity contribution in [2.75, 3.05) is 6.61 Å². The maximum atomic E-state index is 13.1. The topological polar surface area (TPSA) is 95.9 Å². The molecule has 6 nitrogen and oxygen atoms in total.